The van der Waals surface area contributed by atoms with Crippen molar-refractivity contribution in [3.05, 3.63) is 11.4 Å². The van der Waals surface area contributed by atoms with Gasteiger partial charge in [0.1, 0.15) is 0 Å². The molecule has 1 aromatic heterocycles. The average molecular weight is 221 g/mol. The zero-order valence-corrected chi connectivity index (χ0v) is 8.80. The maximum atomic E-state index is 12.7. The Labute approximate surface area is 86.3 Å². The van der Waals surface area contributed by atoms with Crippen LogP contribution in [-0.4, -0.2) is 15.0 Å². The van der Waals surface area contributed by atoms with E-state index in [2.05, 4.69) is 10.3 Å². The molecule has 0 aliphatic heterocycles. The van der Waals surface area contributed by atoms with E-state index in [1.165, 1.54) is 0 Å². The Kier molecular flexibility index (Phi) is 3.71. The van der Waals surface area contributed by atoms with E-state index in [-0.39, 0.29) is 12.2 Å². The van der Waals surface area contributed by atoms with Crippen LogP contribution in [-0.2, 0) is 19.1 Å². The highest BCUT2D eigenvalue weighted by Gasteiger charge is 2.38. The number of nitrogens with zero attached hydrogens (tertiary/aromatic N) is 3. The van der Waals surface area contributed by atoms with Crippen molar-refractivity contribution in [1.29, 1.82) is 0 Å². The Bertz CT molecular complexity index is 293. The molecule has 86 valence electrons. The van der Waals surface area contributed by atoms with E-state index in [0.717, 1.165) is 4.68 Å². The van der Waals surface area contributed by atoms with E-state index >= 15 is 0 Å². The Morgan fingerprint density at radius 3 is 2.33 bits per heavy atom. The maximum absolute atomic E-state index is 12.7. The van der Waals surface area contributed by atoms with Crippen LogP contribution in [0.25, 0.3) is 0 Å². The van der Waals surface area contributed by atoms with Crippen molar-refractivity contribution in [2.75, 3.05) is 0 Å². The lowest BCUT2D eigenvalue weighted by atomic mass is 10.2. The molecular formula is C9H14F3N3. The number of hydrogen-bond donors (Lipinski definition) is 0. The summed E-state index contributed by atoms with van der Waals surface area (Å²) in [7, 11) is 0. The highest BCUT2D eigenvalue weighted by Crippen LogP contribution is 2.31. The summed E-state index contributed by atoms with van der Waals surface area (Å²) in [5.41, 5.74) is -0.635. The van der Waals surface area contributed by atoms with E-state index in [4.69, 9.17) is 0 Å². The van der Waals surface area contributed by atoms with Gasteiger partial charge in [-0.3, -0.25) is 0 Å². The van der Waals surface area contributed by atoms with E-state index in [0.29, 0.717) is 19.3 Å². The summed E-state index contributed by atoms with van der Waals surface area (Å²) in [5, 5.41) is 7.12. The van der Waals surface area contributed by atoms with Gasteiger partial charge in [0.2, 0.25) is 0 Å². The summed E-state index contributed by atoms with van der Waals surface area (Å²) in [6.45, 7) is 3.88. The van der Waals surface area contributed by atoms with Crippen molar-refractivity contribution in [2.45, 2.75) is 45.8 Å². The lowest BCUT2D eigenvalue weighted by molar-refractivity contribution is -0.144. The lowest BCUT2D eigenvalue weighted by Crippen LogP contribution is -2.16. The second-order valence-electron chi connectivity index (χ2n) is 3.36. The van der Waals surface area contributed by atoms with E-state index in [1.54, 1.807) is 6.92 Å². The molecule has 0 saturated heterocycles. The molecule has 1 aromatic rings. The third-order valence-electron chi connectivity index (χ3n) is 2.00. The van der Waals surface area contributed by atoms with Gasteiger partial charge in [0.25, 0.3) is 0 Å². The van der Waals surface area contributed by atoms with Gasteiger partial charge in [-0.05, 0) is 12.8 Å². The molecular weight excluding hydrogens is 207 g/mol. The van der Waals surface area contributed by atoms with Crippen LogP contribution in [0.1, 0.15) is 38.1 Å². The first-order valence-electron chi connectivity index (χ1n) is 5.00. The maximum Gasteiger partial charge on any atom is 0.434 e. The van der Waals surface area contributed by atoms with Crippen LogP contribution in [0.4, 0.5) is 13.2 Å². The lowest BCUT2D eigenvalue weighted by Gasteiger charge is -2.09. The van der Waals surface area contributed by atoms with Crippen molar-refractivity contribution in [3.8, 4) is 0 Å². The molecule has 15 heavy (non-hydrogen) atoms. The van der Waals surface area contributed by atoms with Crippen LogP contribution in [0.5, 0.6) is 0 Å². The molecule has 0 saturated carbocycles. The van der Waals surface area contributed by atoms with Crippen molar-refractivity contribution in [2.24, 2.45) is 0 Å². The fourth-order valence-corrected chi connectivity index (χ4v) is 1.43. The molecule has 0 bridgehead atoms. The zero-order chi connectivity index (χ0) is 11.5. The predicted octanol–water partition coefficient (Wildman–Crippen LogP) is 2.66. The fourth-order valence-electron chi connectivity index (χ4n) is 1.43. The third kappa shape index (κ3) is 2.70. The number of rotatable bonds is 4. The molecule has 0 N–H and O–H groups in total. The van der Waals surface area contributed by atoms with Crippen LogP contribution in [0.2, 0.25) is 0 Å². The SMILES string of the molecule is CCCc1nnn(CCC)c1C(F)(F)F. The molecule has 1 heterocycles. The van der Waals surface area contributed by atoms with Gasteiger partial charge in [-0.15, -0.1) is 5.10 Å². The predicted molar refractivity (Wildman–Crippen MR) is 49.3 cm³/mol. The minimum atomic E-state index is -4.36. The molecule has 0 atom stereocenters. The number of aryl methyl sites for hydroxylation is 2. The molecule has 6 heteroatoms. The van der Waals surface area contributed by atoms with Gasteiger partial charge in [0, 0.05) is 6.54 Å². The van der Waals surface area contributed by atoms with Crippen molar-refractivity contribution < 1.29 is 13.2 Å². The zero-order valence-electron chi connectivity index (χ0n) is 8.80. The molecule has 0 spiro atoms. The van der Waals surface area contributed by atoms with Crippen molar-refractivity contribution in [3.63, 3.8) is 0 Å². The van der Waals surface area contributed by atoms with Crippen molar-refractivity contribution in [1.82, 2.24) is 15.0 Å². The summed E-state index contributed by atoms with van der Waals surface area (Å²) in [6, 6.07) is 0. The molecule has 0 aliphatic carbocycles. The topological polar surface area (TPSA) is 30.7 Å². The Morgan fingerprint density at radius 1 is 1.20 bits per heavy atom. The largest absolute Gasteiger partial charge is 0.434 e. The fraction of sp³-hybridized carbons (Fsp3) is 0.778. The van der Waals surface area contributed by atoms with Crippen LogP contribution in [0.3, 0.4) is 0 Å². The monoisotopic (exact) mass is 221 g/mol. The molecule has 0 unspecified atom stereocenters. The highest BCUT2D eigenvalue weighted by molar-refractivity contribution is 5.14. The Morgan fingerprint density at radius 2 is 1.87 bits per heavy atom. The minimum Gasteiger partial charge on any atom is -0.240 e. The first-order chi connectivity index (χ1) is 7.00. The molecule has 0 aliphatic rings. The van der Waals surface area contributed by atoms with E-state index in [9.17, 15) is 13.2 Å². The normalized spacial score (nSPS) is 12.1. The quantitative estimate of drug-likeness (QED) is 0.782. The summed E-state index contributed by atoms with van der Waals surface area (Å²) >= 11 is 0. The number of alkyl halides is 3. The van der Waals surface area contributed by atoms with Gasteiger partial charge in [-0.25, -0.2) is 4.68 Å². The molecule has 0 aromatic carbocycles. The molecule has 1 rings (SSSR count). The van der Waals surface area contributed by atoms with Gasteiger partial charge < -0.3 is 0 Å². The van der Waals surface area contributed by atoms with E-state index in [1.807, 2.05) is 6.92 Å². The van der Waals surface area contributed by atoms with Crippen LogP contribution >= 0.6 is 0 Å². The van der Waals surface area contributed by atoms with Gasteiger partial charge in [0.05, 0.1) is 5.69 Å². The van der Waals surface area contributed by atoms with Crippen LogP contribution in [0.15, 0.2) is 0 Å². The number of aromatic nitrogens is 3. The second-order valence-corrected chi connectivity index (χ2v) is 3.36. The van der Waals surface area contributed by atoms with Crippen LogP contribution in [0, 0.1) is 0 Å². The highest BCUT2D eigenvalue weighted by atomic mass is 19.4. The van der Waals surface area contributed by atoms with Gasteiger partial charge in [-0.2, -0.15) is 13.2 Å². The Balaban J connectivity index is 3.08. The van der Waals surface area contributed by atoms with Gasteiger partial charge in [-0.1, -0.05) is 25.5 Å². The van der Waals surface area contributed by atoms with Gasteiger partial charge in [0.15, 0.2) is 5.69 Å². The summed E-state index contributed by atoms with van der Waals surface area (Å²) in [4.78, 5) is 0. The van der Waals surface area contributed by atoms with Crippen molar-refractivity contribution >= 4 is 0 Å². The molecule has 0 radical (unpaired) electrons. The summed E-state index contributed by atoms with van der Waals surface area (Å²) < 4.78 is 39.0. The summed E-state index contributed by atoms with van der Waals surface area (Å²) in [6.07, 6.45) is -2.80. The standard InChI is InChI=1S/C9H14F3N3/c1-3-5-7-8(9(10,11)12)15(6-4-2)14-13-7/h3-6H2,1-2H3. The molecule has 0 amide bonds. The van der Waals surface area contributed by atoms with Gasteiger partial charge >= 0.3 is 6.18 Å². The number of halogens is 3. The van der Waals surface area contributed by atoms with E-state index < -0.39 is 11.9 Å². The third-order valence-corrected chi connectivity index (χ3v) is 2.00. The second kappa shape index (κ2) is 4.63. The first-order valence-corrected chi connectivity index (χ1v) is 5.00. The van der Waals surface area contributed by atoms with Crippen LogP contribution < -0.4 is 0 Å². The average Bonchev–Trinajstić information content (AvgIpc) is 2.48. The smallest absolute Gasteiger partial charge is 0.240 e. The summed E-state index contributed by atoms with van der Waals surface area (Å²) in [5.74, 6) is 0. The number of hydrogen-bond acceptors (Lipinski definition) is 2. The first kappa shape index (κ1) is 12.0. The minimum absolute atomic E-state index is 0.0541. The molecule has 3 nitrogen and oxygen atoms in total. The molecule has 0 fully saturated rings. The Hall–Kier alpha value is -1.07.